The molecule has 0 atom stereocenters. The highest BCUT2D eigenvalue weighted by Gasteiger charge is 2.30. The van der Waals surface area contributed by atoms with Crippen LogP contribution in [-0.2, 0) is 11.2 Å². The number of aliphatic imine (C=N–C) groups is 1. The molecule has 7 heteroatoms. The van der Waals surface area contributed by atoms with Gasteiger partial charge in [0.25, 0.3) is 0 Å². The molecule has 1 heterocycles. The molecule has 30 heavy (non-hydrogen) atoms. The monoisotopic (exact) mass is 432 g/mol. The van der Waals surface area contributed by atoms with E-state index in [9.17, 15) is 4.79 Å². The number of thioether (sulfide) groups is 1. The molecule has 1 saturated heterocycles. The molecule has 2 aliphatic rings. The molecule has 0 spiro atoms. The second kappa shape index (κ2) is 11.5. The number of hydrogen-bond acceptors (Lipinski definition) is 4. The number of methoxy groups -OCH3 is 1. The molecular formula is C23H36N4O2S. The van der Waals surface area contributed by atoms with Crippen LogP contribution in [0.15, 0.2) is 23.2 Å². The zero-order chi connectivity index (χ0) is 21.3. The molecule has 1 aromatic carbocycles. The van der Waals surface area contributed by atoms with Crippen LogP contribution in [0.25, 0.3) is 0 Å². The highest BCUT2D eigenvalue weighted by Crippen LogP contribution is 2.27. The van der Waals surface area contributed by atoms with Crippen molar-refractivity contribution in [1.29, 1.82) is 0 Å². The molecule has 6 nitrogen and oxygen atoms in total. The van der Waals surface area contributed by atoms with Crippen molar-refractivity contribution in [3.8, 4) is 5.75 Å². The van der Waals surface area contributed by atoms with Crippen molar-refractivity contribution in [1.82, 2.24) is 15.5 Å². The maximum atomic E-state index is 12.7. The molecule has 2 N–H and O–H groups in total. The Balaban J connectivity index is 1.39. The summed E-state index contributed by atoms with van der Waals surface area (Å²) in [6.07, 6.45) is 4.90. The summed E-state index contributed by atoms with van der Waals surface area (Å²) in [5.41, 5.74) is 2.40. The summed E-state index contributed by atoms with van der Waals surface area (Å²) >= 11 is 1.95. The van der Waals surface area contributed by atoms with Crippen LogP contribution in [0, 0.1) is 12.8 Å². The Morgan fingerprint density at radius 1 is 1.23 bits per heavy atom. The molecule has 1 aliphatic carbocycles. The summed E-state index contributed by atoms with van der Waals surface area (Å²) in [6, 6.07) is 6.74. The van der Waals surface area contributed by atoms with Gasteiger partial charge in [0.15, 0.2) is 5.96 Å². The summed E-state index contributed by atoms with van der Waals surface area (Å²) in [6.45, 7) is 4.71. The maximum absolute atomic E-state index is 12.7. The summed E-state index contributed by atoms with van der Waals surface area (Å²) in [5, 5.41) is 6.97. The SMILES string of the molecule is CN=C(NCCc1ccc(C)c(OC)c1)NC1CCC(C(=O)N2CCSCC2)CC1. The van der Waals surface area contributed by atoms with Crippen LogP contribution in [-0.4, -0.2) is 68.1 Å². The number of carbonyl (C=O) groups excluding carboxylic acids is 1. The lowest BCUT2D eigenvalue weighted by molar-refractivity contribution is -0.136. The molecule has 1 saturated carbocycles. The minimum atomic E-state index is 0.206. The Bertz CT molecular complexity index is 726. The number of aryl methyl sites for hydroxylation is 1. The number of rotatable bonds is 6. The number of carbonyl (C=O) groups is 1. The number of amides is 1. The van der Waals surface area contributed by atoms with Crippen molar-refractivity contribution < 1.29 is 9.53 Å². The predicted molar refractivity (Wildman–Crippen MR) is 126 cm³/mol. The van der Waals surface area contributed by atoms with E-state index in [-0.39, 0.29) is 5.92 Å². The van der Waals surface area contributed by atoms with Crippen LogP contribution in [0.4, 0.5) is 0 Å². The van der Waals surface area contributed by atoms with Crippen LogP contribution in [0.3, 0.4) is 0 Å². The van der Waals surface area contributed by atoms with Gasteiger partial charge in [0.1, 0.15) is 5.75 Å². The normalized spacial score (nSPS) is 22.5. The van der Waals surface area contributed by atoms with E-state index in [2.05, 4.69) is 45.6 Å². The molecule has 1 aromatic rings. The predicted octanol–water partition coefficient (Wildman–Crippen LogP) is 2.85. The van der Waals surface area contributed by atoms with Gasteiger partial charge in [0.2, 0.25) is 5.91 Å². The highest BCUT2D eigenvalue weighted by molar-refractivity contribution is 7.99. The Morgan fingerprint density at radius 2 is 1.97 bits per heavy atom. The average Bonchev–Trinajstić information content (AvgIpc) is 2.80. The molecule has 0 radical (unpaired) electrons. The van der Waals surface area contributed by atoms with Crippen LogP contribution in [0.2, 0.25) is 0 Å². The molecule has 3 rings (SSSR count). The van der Waals surface area contributed by atoms with Crippen LogP contribution in [0.1, 0.15) is 36.8 Å². The number of nitrogens with one attached hydrogen (secondary N) is 2. The fourth-order valence-corrected chi connectivity index (χ4v) is 5.16. The molecule has 1 aliphatic heterocycles. The van der Waals surface area contributed by atoms with Gasteiger partial charge in [-0.3, -0.25) is 9.79 Å². The fourth-order valence-electron chi connectivity index (χ4n) is 4.26. The van der Waals surface area contributed by atoms with Gasteiger partial charge < -0.3 is 20.3 Å². The Morgan fingerprint density at radius 3 is 2.63 bits per heavy atom. The first-order chi connectivity index (χ1) is 14.6. The van der Waals surface area contributed by atoms with Gasteiger partial charge in [-0.2, -0.15) is 11.8 Å². The van der Waals surface area contributed by atoms with Gasteiger partial charge in [-0.25, -0.2) is 0 Å². The van der Waals surface area contributed by atoms with E-state index in [1.807, 2.05) is 18.8 Å². The number of ether oxygens (including phenoxy) is 1. The number of nitrogens with zero attached hydrogens (tertiary/aromatic N) is 2. The van der Waals surface area contributed by atoms with E-state index >= 15 is 0 Å². The van der Waals surface area contributed by atoms with Gasteiger partial charge in [-0.1, -0.05) is 12.1 Å². The number of hydrogen-bond donors (Lipinski definition) is 2. The molecule has 0 bridgehead atoms. The first kappa shape index (κ1) is 22.8. The van der Waals surface area contributed by atoms with Gasteiger partial charge in [0.05, 0.1) is 7.11 Å². The molecular weight excluding hydrogens is 396 g/mol. The summed E-state index contributed by atoms with van der Waals surface area (Å²) in [5.74, 6) is 4.53. The van der Waals surface area contributed by atoms with Crippen LogP contribution in [0.5, 0.6) is 5.75 Å². The van der Waals surface area contributed by atoms with E-state index in [1.165, 1.54) is 5.56 Å². The fraction of sp³-hybridized carbons (Fsp3) is 0.652. The zero-order valence-corrected chi connectivity index (χ0v) is 19.4. The van der Waals surface area contributed by atoms with Crippen molar-refractivity contribution >= 4 is 23.6 Å². The van der Waals surface area contributed by atoms with E-state index < -0.39 is 0 Å². The summed E-state index contributed by atoms with van der Waals surface area (Å²) in [7, 11) is 3.53. The maximum Gasteiger partial charge on any atom is 0.225 e. The van der Waals surface area contributed by atoms with Crippen LogP contribution < -0.4 is 15.4 Å². The van der Waals surface area contributed by atoms with E-state index in [1.54, 1.807) is 7.11 Å². The summed E-state index contributed by atoms with van der Waals surface area (Å²) < 4.78 is 5.41. The first-order valence-corrected chi connectivity index (χ1v) is 12.2. The standard InChI is InChI=1S/C23H36N4O2S/c1-17-4-5-18(16-21(17)29-3)10-11-25-23(24-2)26-20-8-6-19(7-9-20)22(28)27-12-14-30-15-13-27/h4-5,16,19-20H,6-15H2,1-3H3,(H2,24,25,26). The van der Waals surface area contributed by atoms with Crippen molar-refractivity contribution in [2.75, 3.05) is 45.3 Å². The third kappa shape index (κ3) is 6.30. The minimum Gasteiger partial charge on any atom is -0.496 e. The Hall–Kier alpha value is -1.89. The third-order valence-corrected chi connectivity index (χ3v) is 7.08. The molecule has 0 aromatic heterocycles. The van der Waals surface area contributed by atoms with E-state index in [4.69, 9.17) is 4.74 Å². The molecule has 2 fully saturated rings. The van der Waals surface area contributed by atoms with E-state index in [0.717, 1.165) is 80.5 Å². The quantitative estimate of drug-likeness (QED) is 0.535. The smallest absolute Gasteiger partial charge is 0.225 e. The molecule has 1 amide bonds. The van der Waals surface area contributed by atoms with Gasteiger partial charge in [-0.15, -0.1) is 0 Å². The Kier molecular flexibility index (Phi) is 8.73. The van der Waals surface area contributed by atoms with Gasteiger partial charge >= 0.3 is 0 Å². The second-order valence-electron chi connectivity index (χ2n) is 8.18. The van der Waals surface area contributed by atoms with Crippen molar-refractivity contribution in [3.63, 3.8) is 0 Å². The average molecular weight is 433 g/mol. The Labute approximate surface area is 185 Å². The lowest BCUT2D eigenvalue weighted by Crippen LogP contribution is -2.47. The molecule has 0 unspecified atom stereocenters. The van der Waals surface area contributed by atoms with Gasteiger partial charge in [-0.05, 0) is 56.2 Å². The topological polar surface area (TPSA) is 66.0 Å². The van der Waals surface area contributed by atoms with Crippen molar-refractivity contribution in [3.05, 3.63) is 29.3 Å². The lowest BCUT2D eigenvalue weighted by atomic mass is 9.85. The van der Waals surface area contributed by atoms with Crippen molar-refractivity contribution in [2.45, 2.75) is 45.1 Å². The highest BCUT2D eigenvalue weighted by atomic mass is 32.2. The lowest BCUT2D eigenvalue weighted by Gasteiger charge is -2.34. The first-order valence-electron chi connectivity index (χ1n) is 11.1. The number of guanidine groups is 1. The third-order valence-electron chi connectivity index (χ3n) is 6.14. The minimum absolute atomic E-state index is 0.206. The number of benzene rings is 1. The largest absolute Gasteiger partial charge is 0.496 e. The molecule has 166 valence electrons. The zero-order valence-electron chi connectivity index (χ0n) is 18.6. The summed E-state index contributed by atoms with van der Waals surface area (Å²) in [4.78, 5) is 19.2. The second-order valence-corrected chi connectivity index (χ2v) is 9.41. The van der Waals surface area contributed by atoms with E-state index in [0.29, 0.717) is 11.9 Å². The van der Waals surface area contributed by atoms with Gasteiger partial charge in [0, 0.05) is 50.1 Å². The van der Waals surface area contributed by atoms with Crippen molar-refractivity contribution in [2.24, 2.45) is 10.9 Å². The van der Waals surface area contributed by atoms with Crippen LogP contribution >= 0.6 is 11.8 Å².